The monoisotopic (exact) mass is 440 g/mol. The molecule has 1 heterocycles. The Hall–Kier alpha value is -3.40. The van der Waals surface area contributed by atoms with E-state index in [9.17, 15) is 4.79 Å². The molecule has 0 atom stereocenters. The lowest BCUT2D eigenvalue weighted by atomic mass is 9.95. The van der Waals surface area contributed by atoms with Crippen molar-refractivity contribution in [2.45, 2.75) is 53.9 Å². The smallest absolute Gasteiger partial charge is 0.150 e. The molecule has 0 aliphatic carbocycles. The van der Waals surface area contributed by atoms with Crippen molar-refractivity contribution in [3.8, 4) is 11.4 Å². The van der Waals surface area contributed by atoms with Gasteiger partial charge in [-0.15, -0.1) is 0 Å². The number of benzene rings is 3. The van der Waals surface area contributed by atoms with E-state index >= 15 is 0 Å². The Bertz CT molecular complexity index is 1290. The summed E-state index contributed by atoms with van der Waals surface area (Å²) in [5.74, 6) is 0.941. The highest BCUT2D eigenvalue weighted by Crippen LogP contribution is 2.34. The Labute approximate surface area is 196 Å². The molecule has 1 aromatic heterocycles. The number of aromatic nitrogens is 2. The summed E-state index contributed by atoms with van der Waals surface area (Å²) in [6, 6.07) is 16.6. The fourth-order valence-electron chi connectivity index (χ4n) is 4.93. The van der Waals surface area contributed by atoms with Crippen LogP contribution in [-0.2, 0) is 19.3 Å². The van der Waals surface area contributed by atoms with Crippen molar-refractivity contribution in [2.75, 3.05) is 6.61 Å². The second-order valence-electron chi connectivity index (χ2n) is 8.49. The molecule has 170 valence electrons. The first-order valence-corrected chi connectivity index (χ1v) is 11.8. The van der Waals surface area contributed by atoms with Gasteiger partial charge < -0.3 is 4.74 Å². The first-order chi connectivity index (χ1) is 16.0. The van der Waals surface area contributed by atoms with Crippen LogP contribution in [0.1, 0.15) is 64.8 Å². The fraction of sp³-hybridized carbons (Fsp3) is 0.310. The van der Waals surface area contributed by atoms with Crippen LogP contribution in [0, 0.1) is 13.8 Å². The van der Waals surface area contributed by atoms with Crippen molar-refractivity contribution < 1.29 is 9.53 Å². The summed E-state index contributed by atoms with van der Waals surface area (Å²) in [5, 5.41) is 7.53. The maximum Gasteiger partial charge on any atom is 0.150 e. The third-order valence-corrected chi connectivity index (χ3v) is 6.36. The number of aryl methyl sites for hydroxylation is 3. The van der Waals surface area contributed by atoms with Gasteiger partial charge in [0.2, 0.25) is 0 Å². The highest BCUT2D eigenvalue weighted by molar-refractivity contribution is 5.88. The molecule has 0 N–H and O–H groups in total. The van der Waals surface area contributed by atoms with Crippen LogP contribution in [-0.4, -0.2) is 22.7 Å². The largest absolute Gasteiger partial charge is 0.494 e. The Morgan fingerprint density at radius 3 is 2.30 bits per heavy atom. The molecule has 4 nitrogen and oxygen atoms in total. The summed E-state index contributed by atoms with van der Waals surface area (Å²) in [6.07, 6.45) is 3.40. The van der Waals surface area contributed by atoms with Gasteiger partial charge in [0.1, 0.15) is 12.0 Å². The molecule has 3 aromatic carbocycles. The van der Waals surface area contributed by atoms with E-state index < -0.39 is 0 Å². The molecule has 0 bridgehead atoms. The number of hydrogen-bond donors (Lipinski definition) is 0. The summed E-state index contributed by atoms with van der Waals surface area (Å²) in [7, 11) is 0. The topological polar surface area (TPSA) is 44.1 Å². The lowest BCUT2D eigenvalue weighted by molar-refractivity contribution is 0.112. The first-order valence-electron chi connectivity index (χ1n) is 11.8. The number of ether oxygens (including phenoxy) is 1. The van der Waals surface area contributed by atoms with Gasteiger partial charge >= 0.3 is 0 Å². The van der Waals surface area contributed by atoms with Crippen LogP contribution >= 0.6 is 0 Å². The summed E-state index contributed by atoms with van der Waals surface area (Å²) >= 11 is 0. The van der Waals surface area contributed by atoms with Crippen LogP contribution in [0.15, 0.2) is 48.5 Å². The molecule has 0 saturated heterocycles. The Kier molecular flexibility index (Phi) is 6.64. The van der Waals surface area contributed by atoms with Crippen LogP contribution in [0.2, 0.25) is 0 Å². The zero-order valence-corrected chi connectivity index (χ0v) is 20.2. The summed E-state index contributed by atoms with van der Waals surface area (Å²) in [4.78, 5) is 11.3. The van der Waals surface area contributed by atoms with Gasteiger partial charge in [0.25, 0.3) is 0 Å². The van der Waals surface area contributed by atoms with E-state index in [0.29, 0.717) is 12.2 Å². The van der Waals surface area contributed by atoms with E-state index in [1.807, 2.05) is 19.1 Å². The van der Waals surface area contributed by atoms with E-state index in [1.54, 1.807) is 0 Å². The lowest BCUT2D eigenvalue weighted by Gasteiger charge is -2.16. The molecule has 0 aliphatic rings. The Morgan fingerprint density at radius 1 is 0.939 bits per heavy atom. The van der Waals surface area contributed by atoms with E-state index in [0.717, 1.165) is 53.8 Å². The summed E-state index contributed by atoms with van der Waals surface area (Å²) in [6.45, 7) is 11.1. The number of fused-ring (bicyclic) bond motifs is 1. The van der Waals surface area contributed by atoms with E-state index in [1.165, 1.54) is 27.6 Å². The van der Waals surface area contributed by atoms with Crippen molar-refractivity contribution in [3.63, 3.8) is 0 Å². The zero-order chi connectivity index (χ0) is 23.5. The number of nitrogens with zero attached hydrogens (tertiary/aromatic N) is 2. The quantitative estimate of drug-likeness (QED) is 0.291. The molecular formula is C29H32N2O2. The predicted molar refractivity (Wildman–Crippen MR) is 135 cm³/mol. The molecule has 0 amide bonds. The molecular weight excluding hydrogens is 408 g/mol. The minimum Gasteiger partial charge on any atom is -0.494 e. The van der Waals surface area contributed by atoms with Crippen molar-refractivity contribution in [1.82, 2.24) is 9.78 Å². The number of hydrogen-bond acceptors (Lipinski definition) is 3. The number of aldehydes is 1. The Morgan fingerprint density at radius 2 is 1.67 bits per heavy atom. The molecule has 33 heavy (non-hydrogen) atoms. The van der Waals surface area contributed by atoms with Gasteiger partial charge in [0, 0.05) is 28.8 Å². The molecule has 0 spiro atoms. The van der Waals surface area contributed by atoms with Crippen LogP contribution in [0.5, 0.6) is 5.75 Å². The van der Waals surface area contributed by atoms with Crippen molar-refractivity contribution in [1.29, 1.82) is 0 Å². The molecule has 4 aromatic rings. The maximum absolute atomic E-state index is 11.3. The summed E-state index contributed by atoms with van der Waals surface area (Å²) < 4.78 is 8.17. The molecule has 0 unspecified atom stereocenters. The van der Waals surface area contributed by atoms with Crippen LogP contribution < -0.4 is 4.74 Å². The van der Waals surface area contributed by atoms with Crippen molar-refractivity contribution in [3.05, 3.63) is 87.7 Å². The SMILES string of the molecule is CCOc1ccc2ccccc2c1Cc1c(CC)nn(-c2c(C)cc(C=O)cc2C)c1CC. The molecule has 0 saturated carbocycles. The van der Waals surface area contributed by atoms with Gasteiger partial charge in [0.05, 0.1) is 18.0 Å². The zero-order valence-electron chi connectivity index (χ0n) is 20.2. The van der Waals surface area contributed by atoms with E-state index in [-0.39, 0.29) is 0 Å². The number of carbonyl (C=O) groups is 1. The molecule has 4 rings (SSSR count). The van der Waals surface area contributed by atoms with Crippen LogP contribution in [0.3, 0.4) is 0 Å². The minimum absolute atomic E-state index is 0.632. The third kappa shape index (κ3) is 4.18. The van der Waals surface area contributed by atoms with Crippen LogP contribution in [0.4, 0.5) is 0 Å². The molecule has 0 radical (unpaired) electrons. The summed E-state index contributed by atoms with van der Waals surface area (Å²) in [5.41, 5.74) is 8.70. The maximum atomic E-state index is 11.3. The minimum atomic E-state index is 0.632. The van der Waals surface area contributed by atoms with Gasteiger partial charge in [-0.2, -0.15) is 5.10 Å². The van der Waals surface area contributed by atoms with Gasteiger partial charge in [-0.1, -0.05) is 44.2 Å². The lowest BCUT2D eigenvalue weighted by Crippen LogP contribution is -2.08. The average molecular weight is 441 g/mol. The second-order valence-corrected chi connectivity index (χ2v) is 8.49. The van der Waals surface area contributed by atoms with Crippen molar-refractivity contribution >= 4 is 17.1 Å². The predicted octanol–water partition coefficient (Wildman–Crippen LogP) is 6.57. The molecule has 0 fully saturated rings. The first kappa shape index (κ1) is 22.8. The van der Waals surface area contributed by atoms with Crippen molar-refractivity contribution in [2.24, 2.45) is 0 Å². The van der Waals surface area contributed by atoms with E-state index in [4.69, 9.17) is 9.84 Å². The van der Waals surface area contributed by atoms with Gasteiger partial charge in [0.15, 0.2) is 0 Å². The van der Waals surface area contributed by atoms with Gasteiger partial charge in [-0.25, -0.2) is 4.68 Å². The van der Waals surface area contributed by atoms with Gasteiger partial charge in [-0.3, -0.25) is 4.79 Å². The number of carbonyl (C=O) groups excluding carboxylic acids is 1. The van der Waals surface area contributed by atoms with Gasteiger partial charge in [-0.05, 0) is 73.7 Å². The average Bonchev–Trinajstić information content (AvgIpc) is 3.16. The highest BCUT2D eigenvalue weighted by atomic mass is 16.5. The molecule has 0 aliphatic heterocycles. The normalized spacial score (nSPS) is 11.2. The van der Waals surface area contributed by atoms with E-state index in [2.05, 4.69) is 68.8 Å². The Balaban J connectivity index is 1.92. The molecule has 4 heteroatoms. The fourth-order valence-corrected chi connectivity index (χ4v) is 4.93. The highest BCUT2D eigenvalue weighted by Gasteiger charge is 2.21. The standard InChI is InChI=1S/C29H32N2O2/c1-6-26-25(17-24-23-12-10-9-11-22(23)13-14-28(24)33-8-3)27(7-2)31(30-26)29-19(4)15-21(18-32)16-20(29)5/h9-16,18H,6-8,17H2,1-5H3. The third-order valence-electron chi connectivity index (χ3n) is 6.36. The number of rotatable bonds is 8. The second kappa shape index (κ2) is 9.62. The van der Waals surface area contributed by atoms with Crippen LogP contribution in [0.25, 0.3) is 16.5 Å².